The molecule has 1 aromatic carbocycles. The highest BCUT2D eigenvalue weighted by Crippen LogP contribution is 2.13. The lowest BCUT2D eigenvalue weighted by atomic mass is 10.1. The molecule has 1 rings (SSSR count). The third-order valence-electron chi connectivity index (χ3n) is 2.98. The molecule has 0 saturated carbocycles. The van der Waals surface area contributed by atoms with E-state index in [1.54, 1.807) is 0 Å². The van der Waals surface area contributed by atoms with Gasteiger partial charge in [0.1, 0.15) is 0 Å². The van der Waals surface area contributed by atoms with E-state index < -0.39 is 6.09 Å². The third-order valence-corrected chi connectivity index (χ3v) is 2.98. The van der Waals surface area contributed by atoms with E-state index in [1.807, 2.05) is 30.3 Å². The van der Waals surface area contributed by atoms with Crippen LogP contribution in [0.5, 0.6) is 0 Å². The van der Waals surface area contributed by atoms with Crippen molar-refractivity contribution in [3.8, 4) is 6.07 Å². The standard InChI is InChI=1S/C14H19N3O2/c15-9-5-4-8-13(10-16)17(14(18)19)11-12-6-2-1-3-7-12/h1-3,6-7,13H,4-5,8,10-11,16H2,(H,18,19). The number of carbonyl (C=O) groups is 1. The molecule has 1 atom stereocenters. The van der Waals surface area contributed by atoms with Crippen LogP contribution in [0.15, 0.2) is 30.3 Å². The molecule has 0 aliphatic carbocycles. The average Bonchev–Trinajstić information content (AvgIpc) is 2.42. The van der Waals surface area contributed by atoms with Crippen molar-refractivity contribution in [3.63, 3.8) is 0 Å². The summed E-state index contributed by atoms with van der Waals surface area (Å²) in [7, 11) is 0. The molecular weight excluding hydrogens is 242 g/mol. The van der Waals surface area contributed by atoms with Gasteiger partial charge in [-0.15, -0.1) is 0 Å². The lowest BCUT2D eigenvalue weighted by Gasteiger charge is -2.28. The normalized spacial score (nSPS) is 11.6. The van der Waals surface area contributed by atoms with Crippen LogP contribution in [0.2, 0.25) is 0 Å². The zero-order valence-corrected chi connectivity index (χ0v) is 10.8. The molecule has 1 amide bonds. The second-order valence-electron chi connectivity index (χ2n) is 4.34. The largest absolute Gasteiger partial charge is 0.465 e. The zero-order valence-electron chi connectivity index (χ0n) is 10.8. The number of nitrogens with zero attached hydrogens (tertiary/aromatic N) is 2. The first-order chi connectivity index (χ1) is 9.19. The smallest absolute Gasteiger partial charge is 0.407 e. The summed E-state index contributed by atoms with van der Waals surface area (Å²) in [5, 5.41) is 17.8. The summed E-state index contributed by atoms with van der Waals surface area (Å²) in [5.74, 6) is 0. The molecule has 19 heavy (non-hydrogen) atoms. The van der Waals surface area contributed by atoms with Gasteiger partial charge in [0.25, 0.3) is 0 Å². The second kappa shape index (κ2) is 8.11. The minimum Gasteiger partial charge on any atom is -0.465 e. The summed E-state index contributed by atoms with van der Waals surface area (Å²) in [6, 6.07) is 11.2. The van der Waals surface area contributed by atoms with Crippen LogP contribution in [0.3, 0.4) is 0 Å². The van der Waals surface area contributed by atoms with Crippen LogP contribution in [0.4, 0.5) is 4.79 Å². The Labute approximate surface area is 113 Å². The Morgan fingerprint density at radius 2 is 2.11 bits per heavy atom. The van der Waals surface area contributed by atoms with Gasteiger partial charge in [0, 0.05) is 25.6 Å². The van der Waals surface area contributed by atoms with Crippen molar-refractivity contribution in [2.75, 3.05) is 6.54 Å². The lowest BCUT2D eigenvalue weighted by molar-refractivity contribution is 0.118. The van der Waals surface area contributed by atoms with Crippen LogP contribution in [0.25, 0.3) is 0 Å². The Bertz CT molecular complexity index is 428. The predicted octanol–water partition coefficient (Wildman–Crippen LogP) is 2.19. The first kappa shape index (κ1) is 15.0. The maximum Gasteiger partial charge on any atom is 0.407 e. The highest BCUT2D eigenvalue weighted by atomic mass is 16.4. The number of nitrogens with two attached hydrogens (primary N) is 1. The second-order valence-corrected chi connectivity index (χ2v) is 4.34. The van der Waals surface area contributed by atoms with E-state index in [2.05, 4.69) is 6.07 Å². The summed E-state index contributed by atoms with van der Waals surface area (Å²) >= 11 is 0. The van der Waals surface area contributed by atoms with E-state index in [9.17, 15) is 9.90 Å². The van der Waals surface area contributed by atoms with Crippen LogP contribution >= 0.6 is 0 Å². The Hall–Kier alpha value is -2.06. The van der Waals surface area contributed by atoms with Crippen molar-refractivity contribution in [1.82, 2.24) is 4.90 Å². The molecule has 5 nitrogen and oxygen atoms in total. The quantitative estimate of drug-likeness (QED) is 0.736. The molecule has 0 aliphatic rings. The highest BCUT2D eigenvalue weighted by molar-refractivity contribution is 5.65. The number of hydrogen-bond donors (Lipinski definition) is 2. The fourth-order valence-electron chi connectivity index (χ4n) is 1.95. The van der Waals surface area contributed by atoms with Crippen LogP contribution in [0, 0.1) is 11.3 Å². The molecule has 5 heteroatoms. The van der Waals surface area contributed by atoms with Gasteiger partial charge in [-0.2, -0.15) is 5.26 Å². The minimum absolute atomic E-state index is 0.244. The van der Waals surface area contributed by atoms with E-state index in [4.69, 9.17) is 11.0 Å². The summed E-state index contributed by atoms with van der Waals surface area (Å²) in [6.45, 7) is 0.592. The molecule has 102 valence electrons. The van der Waals surface area contributed by atoms with Gasteiger partial charge in [0.15, 0.2) is 0 Å². The monoisotopic (exact) mass is 261 g/mol. The fourth-order valence-corrected chi connectivity index (χ4v) is 1.95. The Morgan fingerprint density at radius 1 is 1.42 bits per heavy atom. The Morgan fingerprint density at radius 3 is 2.63 bits per heavy atom. The number of carboxylic acid groups (broad SMARTS) is 1. The van der Waals surface area contributed by atoms with E-state index >= 15 is 0 Å². The third kappa shape index (κ3) is 4.98. The lowest BCUT2D eigenvalue weighted by Crippen LogP contribution is -2.43. The molecule has 1 aromatic rings. The highest BCUT2D eigenvalue weighted by Gasteiger charge is 2.21. The van der Waals surface area contributed by atoms with Gasteiger partial charge in [0.2, 0.25) is 0 Å². The van der Waals surface area contributed by atoms with Gasteiger partial charge in [-0.3, -0.25) is 4.90 Å². The zero-order chi connectivity index (χ0) is 14.1. The maximum absolute atomic E-state index is 11.3. The van der Waals surface area contributed by atoms with Crippen LogP contribution in [-0.4, -0.2) is 28.7 Å². The Kier molecular flexibility index (Phi) is 6.41. The SMILES string of the molecule is N#CCCCC(CN)N(Cc1ccccc1)C(=O)O. The average molecular weight is 261 g/mol. The van der Waals surface area contributed by atoms with Gasteiger partial charge < -0.3 is 10.8 Å². The molecule has 1 unspecified atom stereocenters. The maximum atomic E-state index is 11.3. The molecule has 0 saturated heterocycles. The molecule has 0 aromatic heterocycles. The van der Waals surface area contributed by atoms with E-state index in [-0.39, 0.29) is 12.6 Å². The van der Waals surface area contributed by atoms with Crippen molar-refractivity contribution < 1.29 is 9.90 Å². The molecule has 0 heterocycles. The van der Waals surface area contributed by atoms with Gasteiger partial charge in [0.05, 0.1) is 6.07 Å². The minimum atomic E-state index is -0.976. The summed E-state index contributed by atoms with van der Waals surface area (Å²) in [4.78, 5) is 12.7. The van der Waals surface area contributed by atoms with E-state index in [0.717, 1.165) is 5.56 Å². The molecule has 0 aliphatic heterocycles. The van der Waals surface area contributed by atoms with Gasteiger partial charge in [-0.05, 0) is 18.4 Å². The van der Waals surface area contributed by atoms with Gasteiger partial charge in [-0.25, -0.2) is 4.79 Å². The van der Waals surface area contributed by atoms with Crippen molar-refractivity contribution in [1.29, 1.82) is 5.26 Å². The van der Waals surface area contributed by atoms with Gasteiger partial charge in [-0.1, -0.05) is 30.3 Å². The predicted molar refractivity (Wildman–Crippen MR) is 72.3 cm³/mol. The summed E-state index contributed by atoms with van der Waals surface area (Å²) < 4.78 is 0. The number of amides is 1. The van der Waals surface area contributed by atoms with Crippen molar-refractivity contribution in [2.24, 2.45) is 5.73 Å². The van der Waals surface area contributed by atoms with Crippen molar-refractivity contribution in [2.45, 2.75) is 31.8 Å². The molecular formula is C14H19N3O2. The first-order valence-electron chi connectivity index (χ1n) is 6.29. The molecule has 0 spiro atoms. The number of rotatable bonds is 7. The first-order valence-corrected chi connectivity index (χ1v) is 6.29. The molecule has 0 fully saturated rings. The van der Waals surface area contributed by atoms with Crippen LogP contribution < -0.4 is 5.73 Å². The Balaban J connectivity index is 2.69. The fraction of sp³-hybridized carbons (Fsp3) is 0.429. The summed E-state index contributed by atoms with van der Waals surface area (Å²) in [5.41, 5.74) is 6.59. The number of benzene rings is 1. The van der Waals surface area contributed by atoms with Crippen molar-refractivity contribution >= 4 is 6.09 Å². The van der Waals surface area contributed by atoms with Gasteiger partial charge >= 0.3 is 6.09 Å². The number of nitriles is 1. The number of hydrogen-bond acceptors (Lipinski definition) is 3. The topological polar surface area (TPSA) is 90.4 Å². The van der Waals surface area contributed by atoms with Crippen LogP contribution in [0.1, 0.15) is 24.8 Å². The molecule has 0 bridgehead atoms. The van der Waals surface area contributed by atoms with E-state index in [0.29, 0.717) is 25.8 Å². The van der Waals surface area contributed by atoms with E-state index in [1.165, 1.54) is 4.90 Å². The molecule has 0 radical (unpaired) electrons. The van der Waals surface area contributed by atoms with Crippen molar-refractivity contribution in [3.05, 3.63) is 35.9 Å². The van der Waals surface area contributed by atoms with Crippen LogP contribution in [-0.2, 0) is 6.54 Å². The summed E-state index contributed by atoms with van der Waals surface area (Å²) in [6.07, 6.45) is 0.728. The number of unbranched alkanes of at least 4 members (excludes halogenated alkanes) is 1. The molecule has 3 N–H and O–H groups in total.